The van der Waals surface area contributed by atoms with Gasteiger partial charge in [-0.05, 0) is 19.1 Å². The molecule has 0 spiro atoms. The van der Waals surface area contributed by atoms with Crippen molar-refractivity contribution in [2.45, 2.75) is 11.9 Å². The minimum atomic E-state index is 0.0218. The van der Waals surface area contributed by atoms with Gasteiger partial charge in [0.05, 0.1) is 37.3 Å². The number of methoxy groups -OCH3 is 1. The van der Waals surface area contributed by atoms with Crippen molar-refractivity contribution >= 4 is 17.7 Å². The molecule has 7 heteroatoms. The van der Waals surface area contributed by atoms with Crippen LogP contribution >= 0.6 is 11.8 Å². The van der Waals surface area contributed by atoms with E-state index in [1.54, 1.807) is 12.0 Å². The van der Waals surface area contributed by atoms with Gasteiger partial charge in [-0.25, -0.2) is 4.98 Å². The quantitative estimate of drug-likeness (QED) is 0.503. The molecule has 0 unspecified atom stereocenters. The number of morpholine rings is 1. The van der Waals surface area contributed by atoms with Crippen molar-refractivity contribution in [3.63, 3.8) is 0 Å². The minimum absolute atomic E-state index is 0.0218. The zero-order valence-electron chi connectivity index (χ0n) is 18.7. The van der Waals surface area contributed by atoms with Crippen LogP contribution in [0.2, 0.25) is 0 Å². The molecule has 33 heavy (non-hydrogen) atoms. The maximum Gasteiger partial charge on any atom is 0.233 e. The number of hydrogen-bond acceptors (Lipinski definition) is 6. The van der Waals surface area contributed by atoms with Crippen LogP contribution in [0.5, 0.6) is 5.75 Å². The minimum Gasteiger partial charge on any atom is -0.496 e. The van der Waals surface area contributed by atoms with Gasteiger partial charge < -0.3 is 14.4 Å². The van der Waals surface area contributed by atoms with E-state index >= 15 is 0 Å². The van der Waals surface area contributed by atoms with Gasteiger partial charge in [0.1, 0.15) is 16.8 Å². The smallest absolute Gasteiger partial charge is 0.233 e. The van der Waals surface area contributed by atoms with Crippen LogP contribution in [-0.4, -0.2) is 55.0 Å². The van der Waals surface area contributed by atoms with Crippen LogP contribution < -0.4 is 4.74 Å². The molecule has 6 nitrogen and oxygen atoms in total. The number of carbonyl (C=O) groups is 1. The fourth-order valence-electron chi connectivity index (χ4n) is 3.72. The number of amides is 1. The summed E-state index contributed by atoms with van der Waals surface area (Å²) in [4.78, 5) is 19.3. The van der Waals surface area contributed by atoms with Crippen LogP contribution in [0.3, 0.4) is 0 Å². The summed E-state index contributed by atoms with van der Waals surface area (Å²) >= 11 is 1.30. The highest BCUT2D eigenvalue weighted by Gasteiger charge is 2.21. The number of ether oxygens (including phenoxy) is 2. The van der Waals surface area contributed by atoms with Crippen molar-refractivity contribution in [1.29, 1.82) is 5.26 Å². The van der Waals surface area contributed by atoms with Crippen LogP contribution in [0.1, 0.15) is 11.1 Å². The highest BCUT2D eigenvalue weighted by molar-refractivity contribution is 8.00. The number of nitriles is 1. The Kier molecular flexibility index (Phi) is 7.28. The molecule has 4 rings (SSSR count). The molecule has 0 aliphatic carbocycles. The van der Waals surface area contributed by atoms with Crippen molar-refractivity contribution in [3.05, 3.63) is 65.7 Å². The maximum absolute atomic E-state index is 12.7. The molecule has 0 bridgehead atoms. The molecule has 0 atom stereocenters. The normalized spacial score (nSPS) is 13.4. The number of benzene rings is 2. The standard InChI is InChI=1S/C26H25N3O3S/c1-18-7-9-19(10-8-18)23-15-21(20-5-3-4-6-24(20)31-2)22(16-27)26(28-23)33-17-25(30)29-11-13-32-14-12-29/h3-10,15H,11-14,17H2,1-2H3. The molecule has 0 radical (unpaired) electrons. The monoisotopic (exact) mass is 459 g/mol. The molecule has 1 saturated heterocycles. The summed E-state index contributed by atoms with van der Waals surface area (Å²) in [5, 5.41) is 10.6. The number of para-hydroxylation sites is 1. The van der Waals surface area contributed by atoms with Crippen LogP contribution in [-0.2, 0) is 9.53 Å². The molecular formula is C26H25N3O3S. The number of carbonyl (C=O) groups excluding carboxylic acids is 1. The first-order valence-electron chi connectivity index (χ1n) is 10.7. The highest BCUT2D eigenvalue weighted by Crippen LogP contribution is 2.38. The van der Waals surface area contributed by atoms with Gasteiger partial charge in [0.25, 0.3) is 0 Å². The van der Waals surface area contributed by atoms with Crippen LogP contribution in [0.15, 0.2) is 59.6 Å². The second kappa shape index (κ2) is 10.5. The third-order valence-electron chi connectivity index (χ3n) is 5.54. The Hall–Kier alpha value is -3.34. The molecule has 1 aliphatic heterocycles. The zero-order valence-corrected chi connectivity index (χ0v) is 19.5. The van der Waals surface area contributed by atoms with E-state index in [4.69, 9.17) is 14.5 Å². The fourth-order valence-corrected chi connectivity index (χ4v) is 4.63. The Morgan fingerprint density at radius 3 is 2.58 bits per heavy atom. The van der Waals surface area contributed by atoms with Gasteiger partial charge in [-0.15, -0.1) is 0 Å². The molecule has 1 aliphatic rings. The van der Waals surface area contributed by atoms with E-state index in [1.165, 1.54) is 11.8 Å². The van der Waals surface area contributed by atoms with Crippen molar-refractivity contribution in [2.75, 3.05) is 39.2 Å². The third-order valence-corrected chi connectivity index (χ3v) is 6.50. The lowest BCUT2D eigenvalue weighted by molar-refractivity contribution is -0.132. The first-order valence-corrected chi connectivity index (χ1v) is 11.7. The average molecular weight is 460 g/mol. The lowest BCUT2D eigenvalue weighted by Gasteiger charge is -2.26. The SMILES string of the molecule is COc1ccccc1-c1cc(-c2ccc(C)cc2)nc(SCC(=O)N2CCOCC2)c1C#N. The van der Waals surface area contributed by atoms with E-state index in [9.17, 15) is 10.1 Å². The number of aryl methyl sites for hydroxylation is 1. The molecule has 0 saturated carbocycles. The Morgan fingerprint density at radius 2 is 1.88 bits per heavy atom. The van der Waals surface area contributed by atoms with Crippen molar-refractivity contribution in [1.82, 2.24) is 9.88 Å². The number of rotatable bonds is 6. The van der Waals surface area contributed by atoms with Crippen LogP contribution in [0.25, 0.3) is 22.4 Å². The number of pyridine rings is 1. The summed E-state index contributed by atoms with van der Waals surface area (Å²) in [7, 11) is 1.61. The Morgan fingerprint density at radius 1 is 1.15 bits per heavy atom. The van der Waals surface area contributed by atoms with E-state index < -0.39 is 0 Å². The molecule has 3 aromatic rings. The fraction of sp³-hybridized carbons (Fsp3) is 0.269. The lowest BCUT2D eigenvalue weighted by Crippen LogP contribution is -2.41. The van der Waals surface area contributed by atoms with E-state index in [1.807, 2.05) is 61.5 Å². The van der Waals surface area contributed by atoms with E-state index in [0.29, 0.717) is 42.6 Å². The molecular weight excluding hydrogens is 434 g/mol. The van der Waals surface area contributed by atoms with Crippen molar-refractivity contribution in [3.8, 4) is 34.2 Å². The predicted octanol–water partition coefficient (Wildman–Crippen LogP) is 4.56. The maximum atomic E-state index is 12.7. The summed E-state index contributed by atoms with van der Waals surface area (Å²) in [6.07, 6.45) is 0. The largest absolute Gasteiger partial charge is 0.496 e. The van der Waals surface area contributed by atoms with Crippen molar-refractivity contribution in [2.24, 2.45) is 0 Å². The molecule has 1 amide bonds. The molecule has 2 heterocycles. The molecule has 1 aromatic heterocycles. The second-order valence-electron chi connectivity index (χ2n) is 7.70. The summed E-state index contributed by atoms with van der Waals surface area (Å²) in [5.41, 5.74) is 4.84. The van der Waals surface area contributed by atoms with E-state index in [2.05, 4.69) is 6.07 Å². The second-order valence-corrected chi connectivity index (χ2v) is 8.66. The summed E-state index contributed by atoms with van der Waals surface area (Å²) in [6.45, 7) is 4.33. The summed E-state index contributed by atoms with van der Waals surface area (Å²) < 4.78 is 10.9. The van der Waals surface area contributed by atoms with Crippen molar-refractivity contribution < 1.29 is 14.3 Å². The van der Waals surface area contributed by atoms with Gasteiger partial charge in [-0.3, -0.25) is 4.79 Å². The topological polar surface area (TPSA) is 75.4 Å². The third kappa shape index (κ3) is 5.19. The van der Waals surface area contributed by atoms with Gasteiger partial charge in [0.15, 0.2) is 0 Å². The Bertz CT molecular complexity index is 1180. The van der Waals surface area contributed by atoms with Gasteiger partial charge in [-0.1, -0.05) is 59.8 Å². The first kappa shape index (κ1) is 22.8. The number of thioether (sulfide) groups is 1. The Balaban J connectivity index is 1.77. The van der Waals surface area contributed by atoms with Crippen LogP contribution in [0.4, 0.5) is 0 Å². The molecule has 0 N–H and O–H groups in total. The number of aromatic nitrogens is 1. The van der Waals surface area contributed by atoms with Gasteiger partial charge in [0, 0.05) is 29.8 Å². The first-order chi connectivity index (χ1) is 16.1. The predicted molar refractivity (Wildman–Crippen MR) is 129 cm³/mol. The lowest BCUT2D eigenvalue weighted by atomic mass is 9.98. The Labute approximate surface area is 198 Å². The average Bonchev–Trinajstić information content (AvgIpc) is 2.87. The molecule has 168 valence electrons. The molecule has 1 fully saturated rings. The highest BCUT2D eigenvalue weighted by atomic mass is 32.2. The van der Waals surface area contributed by atoms with Gasteiger partial charge >= 0.3 is 0 Å². The molecule has 2 aromatic carbocycles. The van der Waals surface area contributed by atoms with E-state index in [0.717, 1.165) is 27.9 Å². The summed E-state index contributed by atoms with van der Waals surface area (Å²) in [5.74, 6) is 0.911. The van der Waals surface area contributed by atoms with E-state index in [-0.39, 0.29) is 11.7 Å². The zero-order chi connectivity index (χ0) is 23.2. The number of nitrogens with zero attached hydrogens (tertiary/aromatic N) is 3. The van der Waals surface area contributed by atoms with Crippen LogP contribution in [0, 0.1) is 18.3 Å². The van der Waals surface area contributed by atoms with Gasteiger partial charge in [0.2, 0.25) is 5.91 Å². The summed E-state index contributed by atoms with van der Waals surface area (Å²) in [6, 6.07) is 20.0. The number of hydrogen-bond donors (Lipinski definition) is 0. The van der Waals surface area contributed by atoms with Gasteiger partial charge in [-0.2, -0.15) is 5.26 Å².